The normalized spacial score (nSPS) is 16.8. The number of nitrogens with one attached hydrogen (secondary N) is 1. The maximum Gasteiger partial charge on any atom is 0.165 e. The smallest absolute Gasteiger partial charge is 0.165 e. The molecule has 2 nitrogen and oxygen atoms in total. The van der Waals surface area contributed by atoms with E-state index in [2.05, 4.69) is 5.32 Å². The summed E-state index contributed by atoms with van der Waals surface area (Å²) >= 11 is 0. The van der Waals surface area contributed by atoms with Crippen LogP contribution in [0.15, 0.2) is 18.2 Å². The monoisotopic (exact) mass is 181 g/mol. The quantitative estimate of drug-likeness (QED) is 0.747. The average molecular weight is 181 g/mol. The summed E-state index contributed by atoms with van der Waals surface area (Å²) in [6, 6.07) is 5.17. The van der Waals surface area contributed by atoms with E-state index in [0.29, 0.717) is 11.7 Å². The van der Waals surface area contributed by atoms with Gasteiger partial charge in [-0.25, -0.2) is 4.39 Å². The first-order valence-electron chi connectivity index (χ1n) is 4.35. The second kappa shape index (κ2) is 3.34. The zero-order chi connectivity index (χ0) is 9.26. The van der Waals surface area contributed by atoms with E-state index < -0.39 is 0 Å². The molecule has 0 atom stereocenters. The lowest BCUT2D eigenvalue weighted by Gasteiger charge is -2.27. The van der Waals surface area contributed by atoms with Crippen molar-refractivity contribution in [2.24, 2.45) is 0 Å². The molecule has 1 aliphatic heterocycles. The van der Waals surface area contributed by atoms with Crippen molar-refractivity contribution in [1.82, 2.24) is 5.32 Å². The lowest BCUT2D eigenvalue weighted by atomic mass is 9.94. The van der Waals surface area contributed by atoms with Gasteiger partial charge in [-0.1, -0.05) is 6.07 Å². The summed E-state index contributed by atoms with van der Waals surface area (Å²) in [5.74, 6) is 0.517. The summed E-state index contributed by atoms with van der Waals surface area (Å²) in [6.07, 6.45) is 0. The molecule has 0 aromatic heterocycles. The summed E-state index contributed by atoms with van der Waals surface area (Å²) in [6.45, 7) is 1.90. The van der Waals surface area contributed by atoms with Crippen molar-refractivity contribution in [1.29, 1.82) is 0 Å². The highest BCUT2D eigenvalue weighted by Gasteiger charge is 2.19. The number of halogens is 1. The van der Waals surface area contributed by atoms with Crippen molar-refractivity contribution in [2.75, 3.05) is 20.2 Å². The fourth-order valence-corrected chi connectivity index (χ4v) is 1.46. The fraction of sp³-hybridized carbons (Fsp3) is 0.400. The molecule has 1 aliphatic rings. The first kappa shape index (κ1) is 8.51. The van der Waals surface area contributed by atoms with Gasteiger partial charge in [0.25, 0.3) is 0 Å². The molecule has 0 aliphatic carbocycles. The lowest BCUT2D eigenvalue weighted by Crippen LogP contribution is -2.39. The summed E-state index contributed by atoms with van der Waals surface area (Å²) in [7, 11) is 1.48. The van der Waals surface area contributed by atoms with Gasteiger partial charge in [0.15, 0.2) is 11.6 Å². The van der Waals surface area contributed by atoms with Crippen molar-refractivity contribution in [3.05, 3.63) is 29.6 Å². The predicted molar refractivity (Wildman–Crippen MR) is 48.6 cm³/mol. The fourth-order valence-electron chi connectivity index (χ4n) is 1.46. The van der Waals surface area contributed by atoms with Gasteiger partial charge >= 0.3 is 0 Å². The van der Waals surface area contributed by atoms with Gasteiger partial charge in [-0.2, -0.15) is 0 Å². The van der Waals surface area contributed by atoms with Crippen LogP contribution in [0.2, 0.25) is 0 Å². The topological polar surface area (TPSA) is 21.3 Å². The molecule has 0 amide bonds. The van der Waals surface area contributed by atoms with Crippen LogP contribution in [0.4, 0.5) is 4.39 Å². The van der Waals surface area contributed by atoms with E-state index in [1.54, 1.807) is 12.1 Å². The van der Waals surface area contributed by atoms with Gasteiger partial charge in [0.05, 0.1) is 7.11 Å². The highest BCUT2D eigenvalue weighted by molar-refractivity contribution is 5.32. The van der Waals surface area contributed by atoms with Gasteiger partial charge in [0.1, 0.15) is 0 Å². The molecule has 0 unspecified atom stereocenters. The molecule has 1 fully saturated rings. The Balaban J connectivity index is 2.24. The van der Waals surface area contributed by atoms with Crippen LogP contribution in [0.3, 0.4) is 0 Å². The SMILES string of the molecule is COc1ccc(C2CNC2)cc1F. The zero-order valence-corrected chi connectivity index (χ0v) is 7.51. The van der Waals surface area contributed by atoms with Crippen LogP contribution in [0.1, 0.15) is 11.5 Å². The van der Waals surface area contributed by atoms with Crippen molar-refractivity contribution in [2.45, 2.75) is 5.92 Å². The number of ether oxygens (including phenoxy) is 1. The van der Waals surface area contributed by atoms with Crippen LogP contribution in [-0.4, -0.2) is 20.2 Å². The Morgan fingerprint density at radius 3 is 2.69 bits per heavy atom. The van der Waals surface area contributed by atoms with Crippen LogP contribution < -0.4 is 10.1 Å². The van der Waals surface area contributed by atoms with Gasteiger partial charge in [0.2, 0.25) is 0 Å². The lowest BCUT2D eigenvalue weighted by molar-refractivity contribution is 0.384. The maximum absolute atomic E-state index is 13.2. The largest absolute Gasteiger partial charge is 0.494 e. The molecule has 1 saturated heterocycles. The van der Waals surface area contributed by atoms with E-state index in [0.717, 1.165) is 18.7 Å². The van der Waals surface area contributed by atoms with Crippen LogP contribution >= 0.6 is 0 Å². The molecule has 70 valence electrons. The minimum Gasteiger partial charge on any atom is -0.494 e. The van der Waals surface area contributed by atoms with Crippen molar-refractivity contribution >= 4 is 0 Å². The summed E-state index contributed by atoms with van der Waals surface area (Å²) in [4.78, 5) is 0. The molecule has 1 aromatic rings. The zero-order valence-electron chi connectivity index (χ0n) is 7.51. The summed E-state index contributed by atoms with van der Waals surface area (Å²) in [5.41, 5.74) is 1.05. The highest BCUT2D eigenvalue weighted by atomic mass is 19.1. The van der Waals surface area contributed by atoms with Crippen LogP contribution in [-0.2, 0) is 0 Å². The number of rotatable bonds is 2. The van der Waals surface area contributed by atoms with Crippen LogP contribution in [0.5, 0.6) is 5.75 Å². The molecule has 0 bridgehead atoms. The minimum absolute atomic E-state index is 0.271. The van der Waals surface area contributed by atoms with Crippen molar-refractivity contribution < 1.29 is 9.13 Å². The Morgan fingerprint density at radius 2 is 2.23 bits per heavy atom. The second-order valence-corrected chi connectivity index (χ2v) is 3.25. The third-order valence-electron chi connectivity index (χ3n) is 2.43. The van der Waals surface area contributed by atoms with Crippen LogP contribution in [0.25, 0.3) is 0 Å². The Bertz CT molecular complexity index is 310. The minimum atomic E-state index is -0.271. The molecular formula is C10H12FNO. The molecule has 13 heavy (non-hydrogen) atoms. The molecular weight excluding hydrogens is 169 g/mol. The van der Waals surface area contributed by atoms with E-state index in [9.17, 15) is 4.39 Å². The van der Waals surface area contributed by atoms with E-state index in [1.807, 2.05) is 6.07 Å². The number of hydrogen-bond acceptors (Lipinski definition) is 2. The van der Waals surface area contributed by atoms with Gasteiger partial charge in [-0.15, -0.1) is 0 Å². The highest BCUT2D eigenvalue weighted by Crippen LogP contribution is 2.24. The standard InChI is InChI=1S/C10H12FNO/c1-13-10-3-2-7(4-9(10)11)8-5-12-6-8/h2-4,8,12H,5-6H2,1H3. The number of methoxy groups -OCH3 is 1. The van der Waals surface area contributed by atoms with Gasteiger partial charge in [-0.05, 0) is 17.7 Å². The molecule has 3 heteroatoms. The van der Waals surface area contributed by atoms with Crippen LogP contribution in [0, 0.1) is 5.82 Å². The second-order valence-electron chi connectivity index (χ2n) is 3.25. The Kier molecular flexibility index (Phi) is 2.19. The number of benzene rings is 1. The summed E-state index contributed by atoms with van der Waals surface area (Å²) in [5, 5.41) is 3.15. The third kappa shape index (κ3) is 1.52. The van der Waals surface area contributed by atoms with Gasteiger partial charge < -0.3 is 10.1 Å². The molecule has 2 rings (SSSR count). The van der Waals surface area contributed by atoms with Crippen molar-refractivity contribution in [3.63, 3.8) is 0 Å². The van der Waals surface area contributed by atoms with E-state index in [4.69, 9.17) is 4.74 Å². The Hall–Kier alpha value is -1.09. The molecule has 0 saturated carbocycles. The average Bonchev–Trinajstić information content (AvgIpc) is 2.01. The van der Waals surface area contributed by atoms with Crippen molar-refractivity contribution in [3.8, 4) is 5.75 Å². The van der Waals surface area contributed by atoms with Gasteiger partial charge in [0, 0.05) is 19.0 Å². The predicted octanol–water partition coefficient (Wildman–Crippen LogP) is 1.52. The van der Waals surface area contributed by atoms with Gasteiger partial charge in [-0.3, -0.25) is 0 Å². The maximum atomic E-state index is 13.2. The van der Waals surface area contributed by atoms with E-state index in [-0.39, 0.29) is 5.82 Å². The molecule has 1 N–H and O–H groups in total. The molecule has 0 radical (unpaired) electrons. The number of hydrogen-bond donors (Lipinski definition) is 1. The molecule has 1 aromatic carbocycles. The molecule has 0 spiro atoms. The Morgan fingerprint density at radius 1 is 1.46 bits per heavy atom. The molecule has 1 heterocycles. The third-order valence-corrected chi connectivity index (χ3v) is 2.43. The van der Waals surface area contributed by atoms with E-state index >= 15 is 0 Å². The van der Waals surface area contributed by atoms with E-state index in [1.165, 1.54) is 7.11 Å². The first-order valence-corrected chi connectivity index (χ1v) is 4.35. The Labute approximate surface area is 76.7 Å². The first-order chi connectivity index (χ1) is 6.31. The summed E-state index contributed by atoms with van der Waals surface area (Å²) < 4.78 is 18.1.